The average Bonchev–Trinajstić information content (AvgIpc) is 3.41. The first kappa shape index (κ1) is 65.6. The maximum absolute atomic E-state index is 12.5. The lowest BCUT2D eigenvalue weighted by atomic mass is 9.92. The smallest absolute Gasteiger partial charge is 0.309 e. The zero-order chi connectivity index (χ0) is 49.7. The van der Waals surface area contributed by atoms with E-state index in [1.807, 2.05) is 0 Å². The van der Waals surface area contributed by atoms with Crippen molar-refractivity contribution in [3.63, 3.8) is 0 Å². The van der Waals surface area contributed by atoms with Crippen LogP contribution in [0.25, 0.3) is 0 Å². The second-order valence-corrected chi connectivity index (χ2v) is 22.4. The number of rotatable bonds is 54. The molecule has 0 bridgehead atoms. The number of hydrogen-bond acceptors (Lipinski definition) is 6. The molecule has 1 aliphatic heterocycles. The molecule has 6 nitrogen and oxygen atoms in total. The third-order valence-electron chi connectivity index (χ3n) is 15.5. The summed E-state index contributed by atoms with van der Waals surface area (Å²) in [6.45, 7) is 1.21. The Balaban J connectivity index is 1.69. The van der Waals surface area contributed by atoms with Crippen molar-refractivity contribution >= 4 is 11.9 Å². The molecule has 1 saturated heterocycles. The Morgan fingerprint density at radius 2 is 0.623 bits per heavy atom. The summed E-state index contributed by atoms with van der Waals surface area (Å²) in [5.74, 6) is -1.40. The number of ether oxygens (including phenoxy) is 2. The number of carbonyl (C=O) groups excluding carboxylic acids is 2. The Kier molecular flexibility index (Phi) is 50.3. The van der Waals surface area contributed by atoms with Gasteiger partial charge in [0.2, 0.25) is 0 Å². The zero-order valence-electron chi connectivity index (χ0n) is 46.4. The molecule has 408 valence electrons. The minimum absolute atomic E-state index is 0.00390. The third-order valence-corrected chi connectivity index (χ3v) is 15.5. The molecule has 2 N–H and O–H groups in total. The number of allylic oxidation sites excluding steroid dienone is 2. The van der Waals surface area contributed by atoms with E-state index in [4.69, 9.17) is 9.47 Å². The fourth-order valence-corrected chi connectivity index (χ4v) is 10.4. The molecule has 1 atom stereocenters. The van der Waals surface area contributed by atoms with Crippen molar-refractivity contribution in [3.05, 3.63) is 12.2 Å². The molecule has 0 saturated carbocycles. The fourth-order valence-electron chi connectivity index (χ4n) is 10.4. The molecule has 6 heteroatoms. The van der Waals surface area contributed by atoms with Gasteiger partial charge in [0.25, 0.3) is 0 Å². The van der Waals surface area contributed by atoms with Crippen LogP contribution in [-0.4, -0.2) is 48.6 Å². The molecule has 0 aromatic rings. The Bertz CT molecular complexity index is 1090. The van der Waals surface area contributed by atoms with Gasteiger partial charge in [-0.2, -0.15) is 0 Å². The number of aliphatic hydroxyl groups is 2. The van der Waals surface area contributed by atoms with Crippen molar-refractivity contribution in [1.29, 1.82) is 0 Å². The molecule has 1 fully saturated rings. The van der Waals surface area contributed by atoms with Gasteiger partial charge >= 0.3 is 11.9 Å². The van der Waals surface area contributed by atoms with Crippen LogP contribution < -0.4 is 0 Å². The highest BCUT2D eigenvalue weighted by atomic mass is 16.6. The number of aliphatic hydroxyl groups excluding tert-OH is 2. The van der Waals surface area contributed by atoms with Gasteiger partial charge in [-0.3, -0.25) is 9.59 Å². The fraction of sp³-hybridized carbons (Fsp3) is 0.937. The number of hydrogen-bond donors (Lipinski definition) is 2. The normalized spacial score (nSPS) is 15.4. The van der Waals surface area contributed by atoms with Gasteiger partial charge in [-0.1, -0.05) is 314 Å². The van der Waals surface area contributed by atoms with E-state index in [-0.39, 0.29) is 19.6 Å². The molecule has 0 aromatic heterocycles. The first-order chi connectivity index (χ1) is 34.1. The van der Waals surface area contributed by atoms with Crippen molar-refractivity contribution in [1.82, 2.24) is 0 Å². The van der Waals surface area contributed by atoms with Gasteiger partial charge in [0.1, 0.15) is 13.2 Å². The molecule has 1 aliphatic rings. The molecule has 69 heavy (non-hydrogen) atoms. The van der Waals surface area contributed by atoms with Gasteiger partial charge in [-0.05, 0) is 32.1 Å². The van der Waals surface area contributed by atoms with E-state index in [1.54, 1.807) is 0 Å². The Hall–Kier alpha value is -1.40. The predicted octanol–water partition coefficient (Wildman–Crippen LogP) is 19.5. The number of cyclic esters (lactones) is 2. The van der Waals surface area contributed by atoms with Crippen LogP contribution in [0.2, 0.25) is 0 Å². The summed E-state index contributed by atoms with van der Waals surface area (Å²) in [5.41, 5.74) is -1.12. The molecular weight excluding hydrogens is 853 g/mol. The standard InChI is InChI=1S/C63H120O6/c1-2-3-4-5-6-7-8-9-10-11-12-13-14-15-16-17-18-19-20-21-22-23-24-25-26-27-28-29-30-31-32-33-34-35-36-37-38-39-40-41-42-43-44-45-46-47-48-49-50-51-52-53-54-60-55-61(66)68-58-63(56-64,57-65)59-69-62(60)67/h32-33,60,64-65H,2-31,34-59H2,1H3/b33-32+. The van der Waals surface area contributed by atoms with Gasteiger partial charge in [0.05, 0.1) is 31.0 Å². The average molecular weight is 974 g/mol. The van der Waals surface area contributed by atoms with E-state index in [1.165, 1.54) is 302 Å². The van der Waals surface area contributed by atoms with E-state index >= 15 is 0 Å². The van der Waals surface area contributed by atoms with Crippen molar-refractivity contribution in [3.8, 4) is 0 Å². The topological polar surface area (TPSA) is 93.1 Å². The van der Waals surface area contributed by atoms with E-state index in [0.29, 0.717) is 6.42 Å². The van der Waals surface area contributed by atoms with Crippen LogP contribution in [0.4, 0.5) is 0 Å². The van der Waals surface area contributed by atoms with Crippen LogP contribution in [0, 0.1) is 11.3 Å². The SMILES string of the molecule is CCCCCCCCCCCCCCCCCCCCCCCCCCCCCCC/C=C/CCCCCCCCCCCCCCCCCCCCCC1CC(=O)OCC(CO)(CO)COC1=O. The summed E-state index contributed by atoms with van der Waals surface area (Å²) >= 11 is 0. The molecule has 0 radical (unpaired) electrons. The van der Waals surface area contributed by atoms with Crippen LogP contribution in [-0.2, 0) is 19.1 Å². The summed E-state index contributed by atoms with van der Waals surface area (Å²) in [5, 5.41) is 19.2. The van der Waals surface area contributed by atoms with Gasteiger partial charge in [-0.15, -0.1) is 0 Å². The molecule has 1 rings (SSSR count). The highest BCUT2D eigenvalue weighted by Crippen LogP contribution is 2.25. The third kappa shape index (κ3) is 45.0. The van der Waals surface area contributed by atoms with Crippen molar-refractivity contribution in [2.24, 2.45) is 11.3 Å². The lowest BCUT2D eigenvalue weighted by Gasteiger charge is -2.27. The van der Waals surface area contributed by atoms with Gasteiger partial charge < -0.3 is 19.7 Å². The lowest BCUT2D eigenvalue weighted by Crippen LogP contribution is -2.40. The van der Waals surface area contributed by atoms with Gasteiger partial charge in [0, 0.05) is 0 Å². The van der Waals surface area contributed by atoms with Crippen LogP contribution in [0.5, 0.6) is 0 Å². The van der Waals surface area contributed by atoms with Crippen molar-refractivity contribution < 1.29 is 29.3 Å². The molecule has 1 unspecified atom stereocenters. The largest absolute Gasteiger partial charge is 0.465 e. The predicted molar refractivity (Wildman–Crippen MR) is 297 cm³/mol. The van der Waals surface area contributed by atoms with Crippen LogP contribution in [0.1, 0.15) is 341 Å². The van der Waals surface area contributed by atoms with E-state index < -0.39 is 36.5 Å². The quantitative estimate of drug-likeness (QED) is 0.0358. The second kappa shape index (κ2) is 52.9. The molecule has 0 aromatic carbocycles. The molecule has 0 amide bonds. The van der Waals surface area contributed by atoms with E-state index in [2.05, 4.69) is 19.1 Å². The minimum Gasteiger partial charge on any atom is -0.465 e. The van der Waals surface area contributed by atoms with Crippen LogP contribution in [0.3, 0.4) is 0 Å². The van der Waals surface area contributed by atoms with Gasteiger partial charge in [-0.25, -0.2) is 0 Å². The zero-order valence-corrected chi connectivity index (χ0v) is 46.4. The molecule has 0 spiro atoms. The summed E-state index contributed by atoms with van der Waals surface area (Å²) < 4.78 is 10.6. The highest BCUT2D eigenvalue weighted by Gasteiger charge is 2.36. The minimum atomic E-state index is -1.12. The summed E-state index contributed by atoms with van der Waals surface area (Å²) in [6.07, 6.45) is 75.7. The lowest BCUT2D eigenvalue weighted by molar-refractivity contribution is -0.155. The molecule has 0 aliphatic carbocycles. The second-order valence-electron chi connectivity index (χ2n) is 22.4. The van der Waals surface area contributed by atoms with Crippen molar-refractivity contribution in [2.75, 3.05) is 26.4 Å². The Labute approximate surface area is 430 Å². The van der Waals surface area contributed by atoms with Gasteiger partial charge in [0.15, 0.2) is 0 Å². The Morgan fingerprint density at radius 3 is 0.899 bits per heavy atom. The molecule has 1 heterocycles. The summed E-state index contributed by atoms with van der Waals surface area (Å²) in [6, 6.07) is 0. The number of unbranched alkanes of at least 4 members (excludes halogenated alkanes) is 48. The maximum atomic E-state index is 12.5. The number of carbonyl (C=O) groups is 2. The van der Waals surface area contributed by atoms with E-state index in [0.717, 1.165) is 19.3 Å². The monoisotopic (exact) mass is 973 g/mol. The molecular formula is C63H120O6. The highest BCUT2D eigenvalue weighted by molar-refractivity contribution is 5.80. The summed E-state index contributed by atoms with van der Waals surface area (Å²) in [4.78, 5) is 24.7. The maximum Gasteiger partial charge on any atom is 0.309 e. The Morgan fingerprint density at radius 1 is 0.377 bits per heavy atom. The van der Waals surface area contributed by atoms with Crippen LogP contribution >= 0.6 is 0 Å². The van der Waals surface area contributed by atoms with Crippen molar-refractivity contribution in [2.45, 2.75) is 341 Å². The first-order valence-corrected chi connectivity index (χ1v) is 31.3. The summed E-state index contributed by atoms with van der Waals surface area (Å²) in [7, 11) is 0. The number of esters is 2. The first-order valence-electron chi connectivity index (χ1n) is 31.3. The van der Waals surface area contributed by atoms with E-state index in [9.17, 15) is 19.8 Å². The van der Waals surface area contributed by atoms with Crippen LogP contribution in [0.15, 0.2) is 12.2 Å².